The number of aliphatic hydroxyl groups is 1. The zero-order chi connectivity index (χ0) is 28.4. The van der Waals surface area contributed by atoms with E-state index in [1.165, 1.54) is 0 Å². The number of aliphatic hydroxyl groups excluding tert-OH is 1. The molecule has 0 aliphatic carbocycles. The minimum atomic E-state index is -0.769. The van der Waals surface area contributed by atoms with Crippen molar-refractivity contribution in [3.8, 4) is 0 Å². The molecule has 2 bridgehead atoms. The van der Waals surface area contributed by atoms with Crippen molar-refractivity contribution in [2.75, 3.05) is 31.2 Å². The second-order valence-corrected chi connectivity index (χ2v) is 13.2. The van der Waals surface area contributed by atoms with E-state index in [0.29, 0.717) is 49.4 Å². The summed E-state index contributed by atoms with van der Waals surface area (Å²) in [4.78, 5) is 45.6. The van der Waals surface area contributed by atoms with Crippen LogP contribution in [0.5, 0.6) is 0 Å². The van der Waals surface area contributed by atoms with Gasteiger partial charge >= 0.3 is 5.97 Å². The Morgan fingerprint density at radius 1 is 1.26 bits per heavy atom. The predicted octanol–water partition coefficient (Wildman–Crippen LogP) is 4.93. The van der Waals surface area contributed by atoms with Gasteiger partial charge in [0.1, 0.15) is 6.04 Å². The number of thioether (sulfide) groups is 1. The maximum absolute atomic E-state index is 14.6. The van der Waals surface area contributed by atoms with Gasteiger partial charge in [0.05, 0.1) is 33.9 Å². The Labute approximate surface area is 240 Å². The standard InChI is InChI=1S/C30H39ClN2O5S/c1-5-7-10-19-38-28(37)23-22-26(35)33(17-8-9-18-34)25(30(22)15-14-29(23,4)39-30)27(36)32(16-6-2)24-20(3)12-11-13-21(24)31/h5-6,11-13,22-23,25,34H,1-2,7-10,14-19H2,3-4H3/t22-,23-,25?,29+,30?/m0/s1. The highest BCUT2D eigenvalue weighted by Gasteiger charge is 2.77. The molecule has 0 radical (unpaired) electrons. The third kappa shape index (κ3) is 5.16. The second-order valence-electron chi connectivity index (χ2n) is 10.9. The number of halogens is 1. The van der Waals surface area contributed by atoms with E-state index in [0.717, 1.165) is 12.0 Å². The Morgan fingerprint density at radius 2 is 2.03 bits per heavy atom. The van der Waals surface area contributed by atoms with Gasteiger partial charge in [-0.1, -0.05) is 35.9 Å². The lowest BCUT2D eigenvalue weighted by Crippen LogP contribution is -2.55. The minimum absolute atomic E-state index is 0.00308. The number of anilines is 1. The summed E-state index contributed by atoms with van der Waals surface area (Å²) in [6, 6.07) is 4.73. The van der Waals surface area contributed by atoms with Crippen molar-refractivity contribution < 1.29 is 24.2 Å². The summed E-state index contributed by atoms with van der Waals surface area (Å²) in [5, 5.41) is 9.86. The first-order valence-electron chi connectivity index (χ1n) is 13.7. The molecule has 2 amide bonds. The quantitative estimate of drug-likeness (QED) is 0.204. The van der Waals surface area contributed by atoms with Crippen LogP contribution in [0.3, 0.4) is 0 Å². The van der Waals surface area contributed by atoms with Crippen LogP contribution in [0.4, 0.5) is 5.69 Å². The summed E-state index contributed by atoms with van der Waals surface area (Å²) in [5.41, 5.74) is 1.45. The molecule has 0 saturated carbocycles. The number of unbranched alkanes of at least 4 members (excludes halogenated alkanes) is 2. The van der Waals surface area contributed by atoms with Crippen molar-refractivity contribution in [2.24, 2.45) is 11.8 Å². The molecule has 4 rings (SSSR count). The summed E-state index contributed by atoms with van der Waals surface area (Å²) in [7, 11) is 0. The van der Waals surface area contributed by atoms with E-state index in [1.807, 2.05) is 26.0 Å². The Hall–Kier alpha value is -2.29. The molecular formula is C30H39ClN2O5S. The number of amides is 2. The number of allylic oxidation sites excluding steroid dienone is 1. The summed E-state index contributed by atoms with van der Waals surface area (Å²) in [6.07, 6.45) is 7.31. The molecule has 1 aromatic rings. The molecular weight excluding hydrogens is 536 g/mol. The van der Waals surface area contributed by atoms with Gasteiger partial charge in [-0.2, -0.15) is 0 Å². The lowest BCUT2D eigenvalue weighted by molar-refractivity contribution is -0.155. The number of esters is 1. The molecule has 5 atom stereocenters. The first-order valence-corrected chi connectivity index (χ1v) is 14.9. The fraction of sp³-hybridized carbons (Fsp3) is 0.567. The second kappa shape index (κ2) is 12.1. The van der Waals surface area contributed by atoms with Crippen molar-refractivity contribution in [3.63, 3.8) is 0 Å². The third-order valence-electron chi connectivity index (χ3n) is 8.40. The fourth-order valence-electron chi connectivity index (χ4n) is 6.72. The van der Waals surface area contributed by atoms with Crippen LogP contribution in [-0.2, 0) is 19.1 Å². The van der Waals surface area contributed by atoms with Crippen LogP contribution in [-0.4, -0.2) is 69.6 Å². The normalized spacial score (nSPS) is 28.9. The van der Waals surface area contributed by atoms with Crippen LogP contribution < -0.4 is 4.90 Å². The Balaban J connectivity index is 1.75. The van der Waals surface area contributed by atoms with E-state index >= 15 is 0 Å². The molecule has 9 heteroatoms. The molecule has 3 aliphatic rings. The van der Waals surface area contributed by atoms with E-state index in [2.05, 4.69) is 13.2 Å². The molecule has 3 aliphatic heterocycles. The lowest BCUT2D eigenvalue weighted by Gasteiger charge is -2.37. The maximum atomic E-state index is 14.6. The molecule has 7 nitrogen and oxygen atoms in total. The van der Waals surface area contributed by atoms with Gasteiger partial charge in [0.2, 0.25) is 5.91 Å². The molecule has 0 aromatic heterocycles. The number of aryl methyl sites for hydroxylation is 1. The number of likely N-dealkylation sites (tertiary alicyclic amines) is 1. The Bertz CT molecular complexity index is 1120. The van der Waals surface area contributed by atoms with Gasteiger partial charge in [-0.25, -0.2) is 0 Å². The predicted molar refractivity (Wildman–Crippen MR) is 156 cm³/mol. The number of nitrogens with zero attached hydrogens (tertiary/aromatic N) is 2. The average Bonchev–Trinajstić information content (AvgIpc) is 3.46. The zero-order valence-corrected chi connectivity index (χ0v) is 24.4. The molecule has 3 fully saturated rings. The van der Waals surface area contributed by atoms with Crippen LogP contribution in [0.2, 0.25) is 5.02 Å². The molecule has 3 saturated heterocycles. The highest BCUT2D eigenvalue weighted by atomic mass is 35.5. The number of rotatable bonds is 13. The van der Waals surface area contributed by atoms with E-state index in [4.69, 9.17) is 16.3 Å². The fourth-order valence-corrected chi connectivity index (χ4v) is 9.38. The number of carbonyl (C=O) groups is 3. The van der Waals surface area contributed by atoms with Gasteiger partial charge in [0.25, 0.3) is 5.91 Å². The first-order chi connectivity index (χ1) is 18.7. The summed E-state index contributed by atoms with van der Waals surface area (Å²) < 4.78 is 4.45. The Morgan fingerprint density at radius 3 is 2.69 bits per heavy atom. The van der Waals surface area contributed by atoms with Gasteiger partial charge in [-0.15, -0.1) is 24.9 Å². The average molecular weight is 575 g/mol. The van der Waals surface area contributed by atoms with E-state index in [1.54, 1.807) is 39.8 Å². The summed E-state index contributed by atoms with van der Waals surface area (Å²) in [5.74, 6) is -2.02. The van der Waals surface area contributed by atoms with Crippen LogP contribution in [0.25, 0.3) is 0 Å². The van der Waals surface area contributed by atoms with E-state index in [-0.39, 0.29) is 37.5 Å². The molecule has 1 aromatic carbocycles. The molecule has 2 unspecified atom stereocenters. The highest BCUT2D eigenvalue weighted by molar-refractivity contribution is 8.02. The van der Waals surface area contributed by atoms with Gasteiger partial charge in [-0.3, -0.25) is 14.4 Å². The molecule has 39 heavy (non-hydrogen) atoms. The van der Waals surface area contributed by atoms with Crippen molar-refractivity contribution in [3.05, 3.63) is 54.1 Å². The van der Waals surface area contributed by atoms with Gasteiger partial charge in [-0.05, 0) is 64.0 Å². The maximum Gasteiger partial charge on any atom is 0.311 e. The van der Waals surface area contributed by atoms with E-state index in [9.17, 15) is 19.5 Å². The van der Waals surface area contributed by atoms with Crippen LogP contribution in [0.15, 0.2) is 43.5 Å². The Kier molecular flexibility index (Phi) is 9.19. The highest BCUT2D eigenvalue weighted by Crippen LogP contribution is 2.71. The number of para-hydroxylation sites is 1. The van der Waals surface area contributed by atoms with Gasteiger partial charge < -0.3 is 19.6 Å². The van der Waals surface area contributed by atoms with Crippen molar-refractivity contribution >= 4 is 46.8 Å². The van der Waals surface area contributed by atoms with Crippen LogP contribution in [0, 0.1) is 18.8 Å². The molecule has 3 heterocycles. The topological polar surface area (TPSA) is 87.1 Å². The number of hydrogen-bond donors (Lipinski definition) is 1. The third-order valence-corrected chi connectivity index (χ3v) is 10.7. The number of hydrogen-bond acceptors (Lipinski definition) is 6. The van der Waals surface area contributed by atoms with Crippen LogP contribution in [0.1, 0.15) is 51.0 Å². The monoisotopic (exact) mass is 574 g/mol. The molecule has 1 spiro atoms. The van der Waals surface area contributed by atoms with Crippen LogP contribution >= 0.6 is 23.4 Å². The zero-order valence-electron chi connectivity index (χ0n) is 22.9. The van der Waals surface area contributed by atoms with Crippen molar-refractivity contribution in [1.29, 1.82) is 0 Å². The van der Waals surface area contributed by atoms with Crippen molar-refractivity contribution in [1.82, 2.24) is 4.90 Å². The smallest absolute Gasteiger partial charge is 0.311 e. The number of carbonyl (C=O) groups excluding carboxylic acids is 3. The van der Waals surface area contributed by atoms with E-state index < -0.39 is 27.4 Å². The largest absolute Gasteiger partial charge is 0.465 e. The van der Waals surface area contributed by atoms with Crippen molar-refractivity contribution in [2.45, 2.75) is 67.9 Å². The molecule has 212 valence electrons. The van der Waals surface area contributed by atoms with Gasteiger partial charge in [0, 0.05) is 24.4 Å². The summed E-state index contributed by atoms with van der Waals surface area (Å²) in [6.45, 7) is 12.4. The lowest BCUT2D eigenvalue weighted by atomic mass is 9.66. The summed E-state index contributed by atoms with van der Waals surface area (Å²) >= 11 is 8.23. The SMILES string of the molecule is C=CCCCOC(=O)[C@@H]1[C@H]2C(=O)N(CCCCO)C(C(=O)N(CC=C)c3c(C)cccc3Cl)C23CC[C@@]1(C)S3. The molecule has 1 N–H and O–H groups in total. The van der Waals surface area contributed by atoms with Gasteiger partial charge in [0.15, 0.2) is 0 Å². The number of benzene rings is 1. The number of fused-ring (bicyclic) bond motifs is 1. The first kappa shape index (κ1) is 29.7. The number of ether oxygens (including phenoxy) is 1. The minimum Gasteiger partial charge on any atom is -0.465 e.